The molecule has 0 unspecified atom stereocenters. The minimum Gasteiger partial charge on any atom is -0.457 e. The largest absolute Gasteiger partial charge is 0.457 e. The third-order valence-electron chi connectivity index (χ3n) is 9.48. The topological polar surface area (TPSA) is 47.9 Å². The van der Waals surface area contributed by atoms with Crippen LogP contribution in [0.4, 0.5) is 0 Å². The van der Waals surface area contributed by atoms with Crippen LogP contribution in [0.5, 0.6) is 11.5 Å². The molecule has 4 nitrogen and oxygen atoms in total. The summed E-state index contributed by atoms with van der Waals surface area (Å²) in [6, 6.07) is 65.0. The van der Waals surface area contributed by atoms with Crippen LogP contribution >= 0.6 is 0 Å². The van der Waals surface area contributed by atoms with Crippen LogP contribution in [-0.2, 0) is 5.41 Å². The van der Waals surface area contributed by atoms with E-state index in [-0.39, 0.29) is 0 Å². The summed E-state index contributed by atoms with van der Waals surface area (Å²) in [7, 11) is 0. The van der Waals surface area contributed by atoms with Crippen molar-refractivity contribution in [1.82, 2.24) is 15.0 Å². The molecule has 0 aliphatic carbocycles. The zero-order valence-electron chi connectivity index (χ0n) is 27.1. The Morgan fingerprint density at radius 3 is 1.34 bits per heavy atom. The third-order valence-corrected chi connectivity index (χ3v) is 9.48. The maximum Gasteiger partial charge on any atom is 0.164 e. The van der Waals surface area contributed by atoms with Crippen molar-refractivity contribution in [2.75, 3.05) is 0 Å². The van der Waals surface area contributed by atoms with Gasteiger partial charge in [0.2, 0.25) is 0 Å². The van der Waals surface area contributed by atoms with E-state index in [0.29, 0.717) is 17.5 Å². The number of hydrogen-bond donors (Lipinski definition) is 0. The fraction of sp³-hybridized carbons (Fsp3) is 0.0217. The maximum atomic E-state index is 6.49. The van der Waals surface area contributed by atoms with E-state index in [9.17, 15) is 0 Å². The highest BCUT2D eigenvalue weighted by Crippen LogP contribution is 2.55. The second-order valence-electron chi connectivity index (χ2n) is 12.4. The Morgan fingerprint density at radius 1 is 0.320 bits per heavy atom. The summed E-state index contributed by atoms with van der Waals surface area (Å²) in [4.78, 5) is 15.1. The molecule has 1 aromatic heterocycles. The molecule has 7 aromatic carbocycles. The highest BCUT2D eigenvalue weighted by Gasteiger charge is 2.45. The Hall–Kier alpha value is -6.65. The lowest BCUT2D eigenvalue weighted by molar-refractivity contribution is 0.434. The molecular weight excluding hydrogens is 611 g/mol. The van der Waals surface area contributed by atoms with Gasteiger partial charge in [-0.15, -0.1) is 0 Å². The minimum absolute atomic E-state index is 0.595. The van der Waals surface area contributed by atoms with Crippen LogP contribution in [0.2, 0.25) is 0 Å². The molecule has 0 N–H and O–H groups in total. The van der Waals surface area contributed by atoms with Gasteiger partial charge < -0.3 is 4.74 Å². The van der Waals surface area contributed by atoms with Gasteiger partial charge in [-0.3, -0.25) is 0 Å². The summed E-state index contributed by atoms with van der Waals surface area (Å²) in [6.45, 7) is 0. The number of ether oxygens (including phenoxy) is 1. The number of aromatic nitrogens is 3. The summed E-state index contributed by atoms with van der Waals surface area (Å²) in [5, 5.41) is 0. The van der Waals surface area contributed by atoms with Crippen molar-refractivity contribution in [2.45, 2.75) is 5.41 Å². The van der Waals surface area contributed by atoms with Crippen molar-refractivity contribution < 1.29 is 4.74 Å². The molecule has 8 aromatic rings. The number of fused-ring (bicyclic) bond motifs is 2. The van der Waals surface area contributed by atoms with Crippen molar-refractivity contribution in [3.8, 4) is 56.8 Å². The summed E-state index contributed by atoms with van der Waals surface area (Å²) in [5.41, 5.74) is 8.94. The van der Waals surface area contributed by atoms with Crippen molar-refractivity contribution >= 4 is 0 Å². The molecule has 1 aliphatic rings. The molecular formula is C46H31N3O. The SMILES string of the molecule is c1ccc(-c2cccc(-c3nc(-c4ccccc4)nc(-c4ccc(C5(c6ccccc6)c6ccccc6Oc6ccccc65)cc4)n3)c2)cc1. The first-order chi connectivity index (χ1) is 24.8. The predicted octanol–water partition coefficient (Wildman–Crippen LogP) is 11.0. The van der Waals surface area contributed by atoms with E-state index in [4.69, 9.17) is 19.7 Å². The van der Waals surface area contributed by atoms with E-state index in [0.717, 1.165) is 56.0 Å². The number of rotatable bonds is 6. The molecule has 2 heterocycles. The van der Waals surface area contributed by atoms with Crippen LogP contribution in [-0.4, -0.2) is 15.0 Å². The Balaban J connectivity index is 1.21. The van der Waals surface area contributed by atoms with Gasteiger partial charge in [-0.1, -0.05) is 170 Å². The van der Waals surface area contributed by atoms with E-state index < -0.39 is 5.41 Å². The molecule has 0 radical (unpaired) electrons. The van der Waals surface area contributed by atoms with Crippen LogP contribution < -0.4 is 4.74 Å². The maximum absolute atomic E-state index is 6.49. The van der Waals surface area contributed by atoms with Crippen molar-refractivity contribution in [2.24, 2.45) is 0 Å². The quantitative estimate of drug-likeness (QED) is 0.181. The van der Waals surface area contributed by atoms with Crippen LogP contribution in [0.25, 0.3) is 45.3 Å². The lowest BCUT2D eigenvalue weighted by Crippen LogP contribution is -2.34. The minimum atomic E-state index is -0.595. The second-order valence-corrected chi connectivity index (χ2v) is 12.4. The molecule has 0 fully saturated rings. The van der Waals surface area contributed by atoms with Crippen molar-refractivity contribution in [3.63, 3.8) is 0 Å². The van der Waals surface area contributed by atoms with Gasteiger partial charge in [0.25, 0.3) is 0 Å². The molecule has 1 aliphatic heterocycles. The number of nitrogens with zero attached hydrogens (tertiary/aromatic N) is 3. The Morgan fingerprint density at radius 2 is 0.740 bits per heavy atom. The van der Waals surface area contributed by atoms with Gasteiger partial charge >= 0.3 is 0 Å². The first kappa shape index (κ1) is 29.5. The molecule has 236 valence electrons. The summed E-state index contributed by atoms with van der Waals surface area (Å²) in [6.07, 6.45) is 0. The molecule has 0 amide bonds. The molecule has 0 bridgehead atoms. The number of benzene rings is 7. The molecule has 50 heavy (non-hydrogen) atoms. The van der Waals surface area contributed by atoms with E-state index >= 15 is 0 Å². The van der Waals surface area contributed by atoms with Gasteiger partial charge in [0.15, 0.2) is 17.5 Å². The fourth-order valence-corrected chi connectivity index (χ4v) is 7.16. The highest BCUT2D eigenvalue weighted by molar-refractivity contribution is 5.74. The average Bonchev–Trinajstić information content (AvgIpc) is 3.21. The summed E-state index contributed by atoms with van der Waals surface area (Å²) in [5.74, 6) is 3.58. The van der Waals surface area contributed by atoms with Gasteiger partial charge in [0.05, 0.1) is 5.41 Å². The highest BCUT2D eigenvalue weighted by atomic mass is 16.5. The van der Waals surface area contributed by atoms with Crippen molar-refractivity contribution in [1.29, 1.82) is 0 Å². The molecule has 9 rings (SSSR count). The Bertz CT molecular complexity index is 2400. The van der Waals surface area contributed by atoms with Gasteiger partial charge in [-0.05, 0) is 40.5 Å². The van der Waals surface area contributed by atoms with Crippen molar-refractivity contribution in [3.05, 3.63) is 210 Å². The van der Waals surface area contributed by atoms with Crippen LogP contribution in [0.1, 0.15) is 22.3 Å². The van der Waals surface area contributed by atoms with E-state index in [2.05, 4.69) is 140 Å². The average molecular weight is 642 g/mol. The molecule has 4 heteroatoms. The van der Waals surface area contributed by atoms with E-state index in [1.54, 1.807) is 0 Å². The third kappa shape index (κ3) is 5.06. The zero-order chi connectivity index (χ0) is 33.3. The smallest absolute Gasteiger partial charge is 0.164 e. The van der Waals surface area contributed by atoms with Gasteiger partial charge in [0.1, 0.15) is 11.5 Å². The molecule has 0 spiro atoms. The lowest BCUT2D eigenvalue weighted by Gasteiger charge is -2.41. The Kier molecular flexibility index (Phi) is 7.33. The molecule has 0 saturated heterocycles. The number of hydrogen-bond acceptors (Lipinski definition) is 4. The number of para-hydroxylation sites is 2. The lowest BCUT2D eigenvalue weighted by atomic mass is 9.63. The second kappa shape index (κ2) is 12.4. The summed E-state index contributed by atoms with van der Waals surface area (Å²) >= 11 is 0. The molecule has 0 saturated carbocycles. The first-order valence-corrected chi connectivity index (χ1v) is 16.8. The fourth-order valence-electron chi connectivity index (χ4n) is 7.16. The first-order valence-electron chi connectivity index (χ1n) is 16.8. The predicted molar refractivity (Wildman–Crippen MR) is 200 cm³/mol. The Labute approximate surface area is 291 Å². The van der Waals surface area contributed by atoms with Gasteiger partial charge in [-0.25, -0.2) is 15.0 Å². The van der Waals surface area contributed by atoms with E-state index in [1.807, 2.05) is 48.5 Å². The summed E-state index contributed by atoms with van der Waals surface area (Å²) < 4.78 is 6.49. The van der Waals surface area contributed by atoms with Gasteiger partial charge in [0, 0.05) is 27.8 Å². The van der Waals surface area contributed by atoms with Crippen LogP contribution in [0, 0.1) is 0 Å². The van der Waals surface area contributed by atoms with Gasteiger partial charge in [-0.2, -0.15) is 0 Å². The molecule has 0 atom stereocenters. The standard InChI is InChI=1S/C46H31N3O/c1-4-15-32(16-5-1)35-19-14-20-36(31-35)45-48-43(33-17-6-2-7-18-33)47-44(49-45)34-27-29-38(30-28-34)46(37-21-8-3-9-22-37)39-23-10-12-25-41(39)50-42-26-13-11-24-40(42)46/h1-31H. The normalized spacial score (nSPS) is 12.7. The van der Waals surface area contributed by atoms with Crippen LogP contribution in [0.3, 0.4) is 0 Å². The zero-order valence-corrected chi connectivity index (χ0v) is 27.1. The van der Waals surface area contributed by atoms with E-state index in [1.165, 1.54) is 5.56 Å². The van der Waals surface area contributed by atoms with Crippen LogP contribution in [0.15, 0.2) is 188 Å². The monoisotopic (exact) mass is 641 g/mol.